The molecule has 1 aliphatic rings. The minimum atomic E-state index is 0.0263. The predicted octanol–water partition coefficient (Wildman–Crippen LogP) is 3.29. The van der Waals surface area contributed by atoms with E-state index >= 15 is 0 Å². The number of nitriles is 1. The molecule has 1 fully saturated rings. The molecule has 1 aromatic carbocycles. The van der Waals surface area contributed by atoms with E-state index in [2.05, 4.69) is 11.4 Å². The smallest absolute Gasteiger partial charge is 0.224 e. The lowest BCUT2D eigenvalue weighted by Crippen LogP contribution is -2.37. The summed E-state index contributed by atoms with van der Waals surface area (Å²) in [6.45, 7) is 0. The maximum Gasteiger partial charge on any atom is 0.224 e. The van der Waals surface area contributed by atoms with E-state index in [1.807, 2.05) is 6.07 Å². The zero-order valence-corrected chi connectivity index (χ0v) is 12.2. The molecule has 0 bridgehead atoms. The molecule has 0 unspecified atom stereocenters. The summed E-state index contributed by atoms with van der Waals surface area (Å²) in [5.41, 5.74) is 2.34. The highest BCUT2D eigenvalue weighted by atomic mass is 35.5. The molecule has 1 aromatic rings. The Balaban J connectivity index is 2.01. The number of carbonyl (C=O) groups is 1. The highest BCUT2D eigenvalue weighted by Crippen LogP contribution is 2.18. The van der Waals surface area contributed by atoms with Crippen LogP contribution in [0.4, 0.5) is 0 Å². The monoisotopic (exact) mass is 290 g/mol. The zero-order chi connectivity index (χ0) is 14.4. The molecule has 0 aliphatic heterocycles. The number of hydrogen-bond acceptors (Lipinski definition) is 2. The Bertz CT molecular complexity index is 516. The van der Waals surface area contributed by atoms with Gasteiger partial charge in [-0.2, -0.15) is 5.26 Å². The van der Waals surface area contributed by atoms with Gasteiger partial charge in [0.05, 0.1) is 18.1 Å². The normalized spacial score (nSPS) is 15.6. The second kappa shape index (κ2) is 7.31. The lowest BCUT2D eigenvalue weighted by molar-refractivity contribution is -0.121. The quantitative estimate of drug-likeness (QED) is 0.865. The van der Waals surface area contributed by atoms with Gasteiger partial charge in [-0.3, -0.25) is 4.79 Å². The molecule has 1 aliphatic carbocycles. The molecule has 1 saturated carbocycles. The second-order valence-electron chi connectivity index (χ2n) is 5.31. The van der Waals surface area contributed by atoms with E-state index in [1.54, 1.807) is 12.1 Å². The van der Waals surface area contributed by atoms with Crippen molar-refractivity contribution in [3.63, 3.8) is 0 Å². The van der Waals surface area contributed by atoms with Crippen molar-refractivity contribution in [1.82, 2.24) is 5.32 Å². The van der Waals surface area contributed by atoms with E-state index in [0.29, 0.717) is 23.9 Å². The predicted molar refractivity (Wildman–Crippen MR) is 79.4 cm³/mol. The summed E-state index contributed by atoms with van der Waals surface area (Å²) >= 11 is 5.89. The first-order valence-electron chi connectivity index (χ1n) is 7.10. The third-order valence-electron chi connectivity index (χ3n) is 3.80. The van der Waals surface area contributed by atoms with Gasteiger partial charge in [0, 0.05) is 11.9 Å². The zero-order valence-electron chi connectivity index (χ0n) is 11.5. The van der Waals surface area contributed by atoms with Gasteiger partial charge in [-0.25, -0.2) is 0 Å². The van der Waals surface area contributed by atoms with Gasteiger partial charge in [0.25, 0.3) is 0 Å². The van der Waals surface area contributed by atoms with Crippen molar-refractivity contribution in [2.45, 2.75) is 50.4 Å². The summed E-state index contributed by atoms with van der Waals surface area (Å²) in [5, 5.41) is 12.0. The first-order chi connectivity index (χ1) is 9.72. The van der Waals surface area contributed by atoms with Crippen molar-refractivity contribution in [2.75, 3.05) is 0 Å². The van der Waals surface area contributed by atoms with Gasteiger partial charge >= 0.3 is 0 Å². The Hall–Kier alpha value is -1.53. The van der Waals surface area contributed by atoms with Gasteiger partial charge in [0.1, 0.15) is 0 Å². The number of nitrogens with one attached hydrogen (secondary N) is 1. The minimum Gasteiger partial charge on any atom is -0.353 e. The van der Waals surface area contributed by atoms with Gasteiger partial charge in [-0.05, 0) is 36.1 Å². The van der Waals surface area contributed by atoms with Crippen LogP contribution in [0.5, 0.6) is 0 Å². The molecule has 0 heterocycles. The topological polar surface area (TPSA) is 52.9 Å². The molecule has 0 saturated heterocycles. The largest absolute Gasteiger partial charge is 0.353 e. The van der Waals surface area contributed by atoms with Crippen LogP contribution in [0, 0.1) is 11.3 Å². The fourth-order valence-corrected chi connectivity index (χ4v) is 2.95. The molecule has 4 heteroatoms. The van der Waals surface area contributed by atoms with Crippen LogP contribution in [0.1, 0.15) is 48.8 Å². The molecule has 20 heavy (non-hydrogen) atoms. The lowest BCUT2D eigenvalue weighted by Gasteiger charge is -2.23. The maximum atomic E-state index is 12.1. The molecule has 0 atom stereocenters. The number of nitrogens with zero attached hydrogens (tertiary/aromatic N) is 1. The molecule has 3 nitrogen and oxygen atoms in total. The average molecular weight is 291 g/mol. The summed E-state index contributed by atoms with van der Waals surface area (Å²) in [4.78, 5) is 12.1. The van der Waals surface area contributed by atoms with Crippen LogP contribution in [0.25, 0.3) is 0 Å². The van der Waals surface area contributed by atoms with Gasteiger partial charge in [-0.15, -0.1) is 11.6 Å². The van der Waals surface area contributed by atoms with Crippen LogP contribution in [-0.4, -0.2) is 11.9 Å². The van der Waals surface area contributed by atoms with E-state index < -0.39 is 0 Å². The highest BCUT2D eigenvalue weighted by Gasteiger charge is 2.16. The third-order valence-corrected chi connectivity index (χ3v) is 4.09. The van der Waals surface area contributed by atoms with E-state index in [4.69, 9.17) is 16.9 Å². The molecule has 2 rings (SSSR count). The molecule has 1 N–H and O–H groups in total. The molecule has 1 amide bonds. The van der Waals surface area contributed by atoms with Crippen molar-refractivity contribution in [2.24, 2.45) is 0 Å². The van der Waals surface area contributed by atoms with Gasteiger partial charge in [0.15, 0.2) is 0 Å². The van der Waals surface area contributed by atoms with E-state index in [0.717, 1.165) is 24.0 Å². The number of carbonyl (C=O) groups excluding carboxylic acids is 1. The SMILES string of the molecule is N#Cc1ccc(CCl)c(CC(=O)NC2CCCCC2)c1. The third kappa shape index (κ3) is 3.98. The van der Waals surface area contributed by atoms with Crippen LogP contribution in [0.2, 0.25) is 0 Å². The van der Waals surface area contributed by atoms with Crippen LogP contribution < -0.4 is 5.32 Å². The number of hydrogen-bond donors (Lipinski definition) is 1. The van der Waals surface area contributed by atoms with Crippen LogP contribution in [0.3, 0.4) is 0 Å². The minimum absolute atomic E-state index is 0.0263. The average Bonchev–Trinajstić information content (AvgIpc) is 2.48. The number of halogens is 1. The summed E-state index contributed by atoms with van der Waals surface area (Å²) in [6, 6.07) is 7.74. The Morgan fingerprint density at radius 2 is 2.05 bits per heavy atom. The van der Waals surface area contributed by atoms with Gasteiger partial charge in [0.2, 0.25) is 5.91 Å². The van der Waals surface area contributed by atoms with E-state index in [-0.39, 0.29) is 5.91 Å². The number of alkyl halides is 1. The van der Waals surface area contributed by atoms with E-state index in [1.165, 1.54) is 19.3 Å². The fourth-order valence-electron chi connectivity index (χ4n) is 2.69. The number of amides is 1. The van der Waals surface area contributed by atoms with Crippen molar-refractivity contribution in [3.8, 4) is 6.07 Å². The van der Waals surface area contributed by atoms with Crippen LogP contribution >= 0.6 is 11.6 Å². The fraction of sp³-hybridized carbons (Fsp3) is 0.500. The number of benzene rings is 1. The van der Waals surface area contributed by atoms with Crippen molar-refractivity contribution in [1.29, 1.82) is 5.26 Å². The maximum absolute atomic E-state index is 12.1. The summed E-state index contributed by atoms with van der Waals surface area (Å²) in [7, 11) is 0. The second-order valence-corrected chi connectivity index (χ2v) is 5.58. The van der Waals surface area contributed by atoms with E-state index in [9.17, 15) is 4.79 Å². The first-order valence-corrected chi connectivity index (χ1v) is 7.63. The Labute approximate surface area is 124 Å². The highest BCUT2D eigenvalue weighted by molar-refractivity contribution is 6.17. The molecule has 0 radical (unpaired) electrons. The summed E-state index contributed by atoms with van der Waals surface area (Å²) in [5.74, 6) is 0.385. The number of rotatable bonds is 4. The first kappa shape index (κ1) is 14.9. The van der Waals surface area contributed by atoms with Crippen LogP contribution in [-0.2, 0) is 17.1 Å². The molecular weight excluding hydrogens is 272 g/mol. The lowest BCUT2D eigenvalue weighted by atomic mass is 9.95. The summed E-state index contributed by atoms with van der Waals surface area (Å²) in [6.07, 6.45) is 6.11. The molecular formula is C16H19ClN2O. The molecule has 0 spiro atoms. The van der Waals surface area contributed by atoms with Gasteiger partial charge in [-0.1, -0.05) is 25.3 Å². The van der Waals surface area contributed by atoms with Crippen LogP contribution in [0.15, 0.2) is 18.2 Å². The van der Waals surface area contributed by atoms with Gasteiger partial charge < -0.3 is 5.32 Å². The van der Waals surface area contributed by atoms with Crippen molar-refractivity contribution >= 4 is 17.5 Å². The van der Waals surface area contributed by atoms with Crippen molar-refractivity contribution < 1.29 is 4.79 Å². The standard InChI is InChI=1S/C16H19ClN2O/c17-10-13-7-6-12(11-18)8-14(13)9-16(20)19-15-4-2-1-3-5-15/h6-8,15H,1-5,9-10H2,(H,19,20). The molecule has 106 valence electrons. The van der Waals surface area contributed by atoms with Crippen molar-refractivity contribution in [3.05, 3.63) is 34.9 Å². The summed E-state index contributed by atoms with van der Waals surface area (Å²) < 4.78 is 0. The Morgan fingerprint density at radius 1 is 1.30 bits per heavy atom. The Morgan fingerprint density at radius 3 is 2.70 bits per heavy atom. The Kier molecular flexibility index (Phi) is 5.43. The molecule has 0 aromatic heterocycles.